The molecule has 0 saturated carbocycles. The Hall–Kier alpha value is -3.13. The number of carboxylic acids is 1. The fraction of sp³-hybridized carbons (Fsp3) is 0.238. The van der Waals surface area contributed by atoms with E-state index in [0.29, 0.717) is 10.9 Å². The van der Waals surface area contributed by atoms with Crippen LogP contribution in [0.15, 0.2) is 47.5 Å². The number of thioether (sulfide) groups is 1. The van der Waals surface area contributed by atoms with E-state index in [4.69, 9.17) is 5.11 Å². The van der Waals surface area contributed by atoms with Crippen LogP contribution in [-0.2, 0) is 9.59 Å². The van der Waals surface area contributed by atoms with Gasteiger partial charge in [-0.15, -0.1) is 0 Å². The molecule has 1 heterocycles. The highest BCUT2D eigenvalue weighted by Gasteiger charge is 2.34. The van der Waals surface area contributed by atoms with E-state index in [1.165, 1.54) is 40.9 Å². The minimum absolute atomic E-state index is 0.0617. The van der Waals surface area contributed by atoms with Crippen molar-refractivity contribution in [2.45, 2.75) is 25.5 Å². The summed E-state index contributed by atoms with van der Waals surface area (Å²) in [5, 5.41) is 11.5. The van der Waals surface area contributed by atoms with Crippen LogP contribution < -0.4 is 5.32 Å². The van der Waals surface area contributed by atoms with Crippen molar-refractivity contribution >= 4 is 46.1 Å². The zero-order valence-corrected chi connectivity index (χ0v) is 17.1. The molecule has 0 aliphatic carbocycles. The van der Waals surface area contributed by atoms with Crippen molar-refractivity contribution in [1.82, 2.24) is 4.90 Å². The Morgan fingerprint density at radius 3 is 2.45 bits per heavy atom. The summed E-state index contributed by atoms with van der Waals surface area (Å²) in [5.74, 6) is -1.55. The molecule has 150 valence electrons. The molecule has 29 heavy (non-hydrogen) atoms. The number of hydrogen-bond donors (Lipinski definition) is 2. The predicted molar refractivity (Wildman–Crippen MR) is 114 cm³/mol. The molecular formula is C21H21N3O4S. The minimum Gasteiger partial charge on any atom is -0.478 e. The van der Waals surface area contributed by atoms with Gasteiger partial charge >= 0.3 is 5.97 Å². The van der Waals surface area contributed by atoms with Gasteiger partial charge in [0.1, 0.15) is 5.25 Å². The number of aliphatic imine (C=N–C) groups is 1. The maximum atomic E-state index is 12.7. The molecule has 2 amide bonds. The van der Waals surface area contributed by atoms with Gasteiger partial charge in [0.25, 0.3) is 0 Å². The van der Waals surface area contributed by atoms with Crippen molar-refractivity contribution in [1.29, 1.82) is 0 Å². The summed E-state index contributed by atoms with van der Waals surface area (Å²) in [6.45, 7) is 4.01. The number of amidine groups is 1. The number of nitrogens with zero attached hydrogens (tertiary/aromatic N) is 2. The fourth-order valence-corrected chi connectivity index (χ4v) is 3.79. The molecule has 7 nitrogen and oxygen atoms in total. The number of aromatic carboxylic acids is 1. The van der Waals surface area contributed by atoms with Gasteiger partial charge < -0.3 is 10.4 Å². The third-order valence-corrected chi connectivity index (χ3v) is 5.92. The second-order valence-corrected chi connectivity index (χ2v) is 7.97. The van der Waals surface area contributed by atoms with E-state index in [-0.39, 0.29) is 23.8 Å². The Balaban J connectivity index is 1.76. The molecule has 1 atom stereocenters. The molecule has 2 N–H and O–H groups in total. The van der Waals surface area contributed by atoms with Crippen molar-refractivity contribution in [3.05, 3.63) is 59.2 Å². The Morgan fingerprint density at radius 1 is 1.14 bits per heavy atom. The molecule has 0 spiro atoms. The minimum atomic E-state index is -1.04. The van der Waals surface area contributed by atoms with Crippen molar-refractivity contribution < 1.29 is 19.5 Å². The molecule has 0 aromatic heterocycles. The molecule has 1 aliphatic heterocycles. The van der Waals surface area contributed by atoms with Gasteiger partial charge in [0.2, 0.25) is 11.8 Å². The van der Waals surface area contributed by atoms with E-state index in [0.717, 1.165) is 16.8 Å². The van der Waals surface area contributed by atoms with E-state index in [1.54, 1.807) is 7.05 Å². The van der Waals surface area contributed by atoms with Crippen LogP contribution in [0.25, 0.3) is 0 Å². The number of anilines is 1. The van der Waals surface area contributed by atoms with Crippen molar-refractivity contribution in [3.63, 3.8) is 0 Å². The molecule has 2 aromatic carbocycles. The van der Waals surface area contributed by atoms with Crippen LogP contribution in [0.4, 0.5) is 11.4 Å². The average Bonchev–Trinajstić information content (AvgIpc) is 2.68. The van der Waals surface area contributed by atoms with Crippen molar-refractivity contribution in [2.24, 2.45) is 4.99 Å². The lowest BCUT2D eigenvalue weighted by Gasteiger charge is -2.28. The second-order valence-electron chi connectivity index (χ2n) is 6.80. The first-order valence-corrected chi connectivity index (χ1v) is 9.86. The maximum Gasteiger partial charge on any atom is 0.335 e. The maximum absolute atomic E-state index is 12.7. The van der Waals surface area contributed by atoms with Gasteiger partial charge in [-0.05, 0) is 61.4 Å². The van der Waals surface area contributed by atoms with Gasteiger partial charge in [0.05, 0.1) is 11.3 Å². The topological polar surface area (TPSA) is 99.1 Å². The highest BCUT2D eigenvalue weighted by Crippen LogP contribution is 2.29. The van der Waals surface area contributed by atoms with E-state index in [1.807, 2.05) is 32.0 Å². The summed E-state index contributed by atoms with van der Waals surface area (Å²) in [7, 11) is 1.65. The number of aryl methyl sites for hydroxylation is 2. The predicted octanol–water partition coefficient (Wildman–Crippen LogP) is 3.59. The lowest BCUT2D eigenvalue weighted by atomic mass is 10.1. The van der Waals surface area contributed by atoms with Crippen LogP contribution in [0.2, 0.25) is 0 Å². The Bertz CT molecular complexity index is 1000. The number of nitrogens with one attached hydrogen (secondary N) is 1. The molecule has 8 heteroatoms. The molecule has 1 unspecified atom stereocenters. The van der Waals surface area contributed by atoms with Crippen LogP contribution in [0.3, 0.4) is 0 Å². The molecule has 0 radical (unpaired) electrons. The number of benzene rings is 2. The Kier molecular flexibility index (Phi) is 6.03. The van der Waals surface area contributed by atoms with E-state index in [9.17, 15) is 14.4 Å². The highest BCUT2D eigenvalue weighted by atomic mass is 32.2. The van der Waals surface area contributed by atoms with Crippen LogP contribution in [0.1, 0.15) is 27.9 Å². The van der Waals surface area contributed by atoms with Gasteiger partial charge in [-0.2, -0.15) is 0 Å². The van der Waals surface area contributed by atoms with Crippen LogP contribution in [-0.4, -0.2) is 45.3 Å². The fourth-order valence-electron chi connectivity index (χ4n) is 2.72. The number of amides is 2. The summed E-state index contributed by atoms with van der Waals surface area (Å²) in [5.41, 5.74) is 3.58. The van der Waals surface area contributed by atoms with E-state index < -0.39 is 11.2 Å². The molecular weight excluding hydrogens is 390 g/mol. The molecule has 2 aromatic rings. The zero-order chi connectivity index (χ0) is 21.1. The second kappa shape index (κ2) is 8.48. The first kappa shape index (κ1) is 20.6. The summed E-state index contributed by atoms with van der Waals surface area (Å²) < 4.78 is 0. The molecule has 3 rings (SSSR count). The summed E-state index contributed by atoms with van der Waals surface area (Å²) >= 11 is 1.23. The first-order valence-electron chi connectivity index (χ1n) is 8.98. The largest absolute Gasteiger partial charge is 0.478 e. The first-order chi connectivity index (χ1) is 13.7. The molecule has 1 fully saturated rings. The van der Waals surface area contributed by atoms with Gasteiger partial charge in [-0.3, -0.25) is 14.5 Å². The third-order valence-electron chi connectivity index (χ3n) is 4.68. The smallest absolute Gasteiger partial charge is 0.335 e. The van der Waals surface area contributed by atoms with Crippen molar-refractivity contribution in [2.75, 3.05) is 12.4 Å². The Morgan fingerprint density at radius 2 is 1.83 bits per heavy atom. The van der Waals surface area contributed by atoms with Crippen LogP contribution in [0, 0.1) is 13.8 Å². The van der Waals surface area contributed by atoms with Crippen LogP contribution >= 0.6 is 11.8 Å². The molecule has 0 bridgehead atoms. The number of carbonyl (C=O) groups excluding carboxylic acids is 2. The monoisotopic (exact) mass is 411 g/mol. The lowest BCUT2D eigenvalue weighted by Crippen LogP contribution is -2.43. The number of rotatable bonds is 4. The molecule has 1 saturated heterocycles. The SMILES string of the molecule is Cc1ccc(N=C2SC(C(=O)Nc3ccc(C(=O)O)cc3)CC(=O)N2C)cc1C. The van der Waals surface area contributed by atoms with Gasteiger partial charge in [0, 0.05) is 19.2 Å². The highest BCUT2D eigenvalue weighted by molar-refractivity contribution is 8.15. The average molecular weight is 411 g/mol. The normalized spacial score (nSPS) is 18.0. The lowest BCUT2D eigenvalue weighted by molar-refractivity contribution is -0.128. The zero-order valence-electron chi connectivity index (χ0n) is 16.3. The van der Waals surface area contributed by atoms with Gasteiger partial charge in [0.15, 0.2) is 5.17 Å². The number of carbonyl (C=O) groups is 3. The standard InChI is InChI=1S/C21H21N3O4S/c1-12-4-7-16(10-13(12)2)23-21-24(3)18(25)11-17(29-21)19(26)22-15-8-5-14(6-9-15)20(27)28/h4-10,17H,11H2,1-3H3,(H,22,26)(H,27,28). The van der Waals surface area contributed by atoms with E-state index >= 15 is 0 Å². The summed E-state index contributed by atoms with van der Waals surface area (Å²) in [4.78, 5) is 42.0. The molecule has 1 aliphatic rings. The van der Waals surface area contributed by atoms with Crippen LogP contribution in [0.5, 0.6) is 0 Å². The van der Waals surface area contributed by atoms with E-state index in [2.05, 4.69) is 10.3 Å². The number of hydrogen-bond acceptors (Lipinski definition) is 5. The summed E-state index contributed by atoms with van der Waals surface area (Å²) in [6, 6.07) is 11.7. The quantitative estimate of drug-likeness (QED) is 0.801. The van der Waals surface area contributed by atoms with Gasteiger partial charge in [-0.25, -0.2) is 9.79 Å². The third kappa shape index (κ3) is 4.83. The van der Waals surface area contributed by atoms with Gasteiger partial charge in [-0.1, -0.05) is 17.8 Å². The summed E-state index contributed by atoms with van der Waals surface area (Å²) in [6.07, 6.45) is 0.0617. The Labute approximate surface area is 172 Å². The van der Waals surface area contributed by atoms with Crippen molar-refractivity contribution in [3.8, 4) is 0 Å². The number of carboxylic acid groups (broad SMARTS) is 1.